The molecule has 5 nitrogen and oxygen atoms in total. The Hall–Kier alpha value is -3.12. The average molecular weight is 487 g/mol. The number of amides is 1. The van der Waals surface area contributed by atoms with Crippen LogP contribution in [-0.2, 0) is 15.4 Å². The summed E-state index contributed by atoms with van der Waals surface area (Å²) in [5, 5.41) is 2.95. The number of nitrogens with one attached hydrogen (secondary N) is 2. The van der Waals surface area contributed by atoms with Crippen molar-refractivity contribution in [2.24, 2.45) is 17.8 Å². The first-order chi connectivity index (χ1) is 16.9. The van der Waals surface area contributed by atoms with Crippen molar-refractivity contribution in [3.63, 3.8) is 0 Å². The molecule has 6 heteroatoms. The van der Waals surface area contributed by atoms with Crippen LogP contribution in [0.4, 0.5) is 11.4 Å². The van der Waals surface area contributed by atoms with E-state index in [1.165, 1.54) is 56.2 Å². The van der Waals surface area contributed by atoms with E-state index in [9.17, 15) is 13.2 Å². The fourth-order valence-electron chi connectivity index (χ4n) is 7.14. The van der Waals surface area contributed by atoms with Crippen LogP contribution in [0.25, 0.3) is 0 Å². The van der Waals surface area contributed by atoms with Crippen LogP contribution in [0.2, 0.25) is 0 Å². The molecule has 7 rings (SSSR count). The van der Waals surface area contributed by atoms with Gasteiger partial charge in [-0.25, -0.2) is 8.42 Å². The van der Waals surface area contributed by atoms with Crippen LogP contribution >= 0.6 is 0 Å². The minimum absolute atomic E-state index is 0.149. The molecular formula is C29H30N2O3S. The van der Waals surface area contributed by atoms with Crippen LogP contribution in [0.3, 0.4) is 0 Å². The molecule has 3 aromatic rings. The first kappa shape index (κ1) is 22.4. The SMILES string of the molecule is O=C(Nc1ccc(C23CC4CC(CC(C4)C2)C3)cc1)c1ccccc1NS(=O)(=O)c1ccccc1. The van der Waals surface area contributed by atoms with E-state index < -0.39 is 10.0 Å². The lowest BCUT2D eigenvalue weighted by Crippen LogP contribution is -2.48. The van der Waals surface area contributed by atoms with E-state index in [0.717, 1.165) is 17.8 Å². The van der Waals surface area contributed by atoms with E-state index in [1.807, 2.05) is 12.1 Å². The molecule has 4 saturated carbocycles. The van der Waals surface area contributed by atoms with Crippen molar-refractivity contribution < 1.29 is 13.2 Å². The lowest BCUT2D eigenvalue weighted by atomic mass is 9.48. The van der Waals surface area contributed by atoms with E-state index >= 15 is 0 Å². The number of sulfonamides is 1. The highest BCUT2D eigenvalue weighted by Gasteiger charge is 2.51. The second-order valence-corrected chi connectivity index (χ2v) is 12.4. The highest BCUT2D eigenvalue weighted by Crippen LogP contribution is 2.60. The number of carbonyl (C=O) groups is 1. The zero-order valence-electron chi connectivity index (χ0n) is 19.6. The number of carbonyl (C=O) groups excluding carboxylic acids is 1. The lowest BCUT2D eigenvalue weighted by molar-refractivity contribution is -0.00518. The molecule has 1 amide bonds. The van der Waals surface area contributed by atoms with Gasteiger partial charge in [-0.1, -0.05) is 42.5 Å². The van der Waals surface area contributed by atoms with Crippen molar-refractivity contribution in [3.05, 3.63) is 90.0 Å². The predicted molar refractivity (Wildman–Crippen MR) is 138 cm³/mol. The summed E-state index contributed by atoms with van der Waals surface area (Å²) in [5.41, 5.74) is 2.96. The van der Waals surface area contributed by atoms with Crippen LogP contribution in [0.1, 0.15) is 54.4 Å². The van der Waals surface area contributed by atoms with Gasteiger partial charge in [-0.2, -0.15) is 0 Å². The quantitative estimate of drug-likeness (QED) is 0.435. The Morgan fingerprint density at radius 1 is 0.743 bits per heavy atom. The summed E-state index contributed by atoms with van der Waals surface area (Å²) in [7, 11) is -3.80. The van der Waals surface area contributed by atoms with Gasteiger partial charge in [-0.3, -0.25) is 9.52 Å². The van der Waals surface area contributed by atoms with Crippen LogP contribution in [-0.4, -0.2) is 14.3 Å². The molecule has 35 heavy (non-hydrogen) atoms. The van der Waals surface area contributed by atoms with Crippen LogP contribution in [0, 0.1) is 17.8 Å². The van der Waals surface area contributed by atoms with Crippen molar-refractivity contribution in [3.8, 4) is 0 Å². The Balaban J connectivity index is 1.19. The predicted octanol–water partition coefficient (Wildman–Crippen LogP) is 6.21. The summed E-state index contributed by atoms with van der Waals surface area (Å²) in [5.74, 6) is 2.31. The Labute approximate surface area is 207 Å². The van der Waals surface area contributed by atoms with Gasteiger partial charge in [0.1, 0.15) is 0 Å². The molecule has 2 N–H and O–H groups in total. The molecule has 4 aliphatic rings. The molecule has 0 spiro atoms. The molecule has 4 fully saturated rings. The van der Waals surface area contributed by atoms with Crippen molar-refractivity contribution in [2.75, 3.05) is 10.0 Å². The van der Waals surface area contributed by atoms with Gasteiger partial charge < -0.3 is 5.32 Å². The Morgan fingerprint density at radius 3 is 1.94 bits per heavy atom. The first-order valence-corrected chi connectivity index (χ1v) is 14.0. The lowest BCUT2D eigenvalue weighted by Gasteiger charge is -2.57. The Bertz CT molecular complexity index is 1310. The first-order valence-electron chi connectivity index (χ1n) is 12.5. The molecule has 0 heterocycles. The summed E-state index contributed by atoms with van der Waals surface area (Å²) in [6, 6.07) is 23.2. The number of rotatable bonds is 6. The summed E-state index contributed by atoms with van der Waals surface area (Å²) in [6.45, 7) is 0. The van der Waals surface area contributed by atoms with Gasteiger partial charge in [0, 0.05) is 5.69 Å². The van der Waals surface area contributed by atoms with E-state index in [4.69, 9.17) is 0 Å². The largest absolute Gasteiger partial charge is 0.322 e. The van der Waals surface area contributed by atoms with Gasteiger partial charge in [0.2, 0.25) is 0 Å². The summed E-state index contributed by atoms with van der Waals surface area (Å²) < 4.78 is 28.1. The van der Waals surface area contributed by atoms with Crippen LogP contribution in [0.5, 0.6) is 0 Å². The average Bonchev–Trinajstić information content (AvgIpc) is 2.84. The Morgan fingerprint density at radius 2 is 1.31 bits per heavy atom. The van der Waals surface area contributed by atoms with Gasteiger partial charge >= 0.3 is 0 Å². The third-order valence-corrected chi connectivity index (χ3v) is 9.64. The number of hydrogen-bond acceptors (Lipinski definition) is 3. The van der Waals surface area contributed by atoms with Gasteiger partial charge in [-0.15, -0.1) is 0 Å². The number of benzene rings is 3. The van der Waals surface area contributed by atoms with E-state index in [1.54, 1.807) is 42.5 Å². The van der Waals surface area contributed by atoms with Gasteiger partial charge in [0.25, 0.3) is 15.9 Å². The summed E-state index contributed by atoms with van der Waals surface area (Å²) >= 11 is 0. The zero-order valence-corrected chi connectivity index (χ0v) is 20.4. The molecule has 0 unspecified atom stereocenters. The molecule has 4 aliphatic carbocycles. The van der Waals surface area contributed by atoms with Gasteiger partial charge in [0.15, 0.2) is 0 Å². The fourth-order valence-corrected chi connectivity index (χ4v) is 8.24. The highest BCUT2D eigenvalue weighted by atomic mass is 32.2. The second-order valence-electron chi connectivity index (χ2n) is 10.7. The maximum atomic E-state index is 13.1. The standard InChI is InChI=1S/C29H30N2O3S/c32-28(26-8-4-5-9-27(26)31-35(33,34)25-6-2-1-3-7-25)30-24-12-10-23(11-13-24)29-17-20-14-21(18-29)16-22(15-20)19-29/h1-13,20-22,31H,14-19H2,(H,30,32). The molecule has 0 radical (unpaired) electrons. The van der Waals surface area contributed by atoms with Crippen LogP contribution < -0.4 is 10.0 Å². The molecule has 0 saturated heterocycles. The molecule has 4 bridgehead atoms. The van der Waals surface area contributed by atoms with E-state index in [-0.39, 0.29) is 22.1 Å². The second kappa shape index (κ2) is 8.52. The monoisotopic (exact) mass is 486 g/mol. The smallest absolute Gasteiger partial charge is 0.261 e. The summed E-state index contributed by atoms with van der Waals surface area (Å²) in [6.07, 6.45) is 8.17. The third kappa shape index (κ3) is 4.25. The zero-order chi connectivity index (χ0) is 24.0. The number of anilines is 2. The van der Waals surface area contributed by atoms with Crippen molar-refractivity contribution >= 4 is 27.3 Å². The van der Waals surface area contributed by atoms with E-state index in [0.29, 0.717) is 11.1 Å². The fraction of sp³-hybridized carbons (Fsp3) is 0.345. The van der Waals surface area contributed by atoms with Crippen molar-refractivity contribution in [1.82, 2.24) is 0 Å². The number of para-hydroxylation sites is 1. The molecule has 0 aliphatic heterocycles. The van der Waals surface area contributed by atoms with Gasteiger partial charge in [0.05, 0.1) is 16.1 Å². The number of hydrogen-bond donors (Lipinski definition) is 2. The van der Waals surface area contributed by atoms with Crippen molar-refractivity contribution in [2.45, 2.75) is 48.8 Å². The molecule has 180 valence electrons. The third-order valence-electron chi connectivity index (χ3n) is 8.26. The van der Waals surface area contributed by atoms with E-state index in [2.05, 4.69) is 22.2 Å². The molecule has 0 atom stereocenters. The molecular weight excluding hydrogens is 456 g/mol. The molecule has 3 aromatic carbocycles. The minimum atomic E-state index is -3.80. The maximum Gasteiger partial charge on any atom is 0.261 e. The van der Waals surface area contributed by atoms with Crippen molar-refractivity contribution in [1.29, 1.82) is 0 Å². The van der Waals surface area contributed by atoms with Gasteiger partial charge in [-0.05, 0) is 104 Å². The maximum absolute atomic E-state index is 13.1. The topological polar surface area (TPSA) is 75.3 Å². The van der Waals surface area contributed by atoms with Crippen LogP contribution in [0.15, 0.2) is 83.8 Å². The minimum Gasteiger partial charge on any atom is -0.322 e. The highest BCUT2D eigenvalue weighted by molar-refractivity contribution is 7.92. The Kier molecular flexibility index (Phi) is 5.44. The normalized spacial score (nSPS) is 26.9. The molecule has 0 aromatic heterocycles. The summed E-state index contributed by atoms with van der Waals surface area (Å²) in [4.78, 5) is 13.3.